The number of sulfone groups is 1. The Hall–Kier alpha value is -1.01. The Kier molecular flexibility index (Phi) is 2.90. The molecule has 0 aliphatic carbocycles. The molecule has 0 bridgehead atoms. The van der Waals surface area contributed by atoms with Crippen LogP contribution in [0.3, 0.4) is 0 Å². The Morgan fingerprint density at radius 3 is 2.74 bits per heavy atom. The summed E-state index contributed by atoms with van der Waals surface area (Å²) >= 11 is 1.50. The average Bonchev–Trinajstić information content (AvgIpc) is 2.70. The van der Waals surface area contributed by atoms with Crippen molar-refractivity contribution < 1.29 is 13.0 Å². The van der Waals surface area contributed by atoms with Gasteiger partial charge in [-0.05, 0) is 37.2 Å². The molecule has 2 aliphatic rings. The lowest BCUT2D eigenvalue weighted by Gasteiger charge is -2.13. The predicted octanol–water partition coefficient (Wildman–Crippen LogP) is 1.17. The lowest BCUT2D eigenvalue weighted by Crippen LogP contribution is -2.29. The zero-order valence-electron chi connectivity index (χ0n) is 11.0. The van der Waals surface area contributed by atoms with E-state index in [1.165, 1.54) is 17.3 Å². The van der Waals surface area contributed by atoms with Gasteiger partial charge in [-0.25, -0.2) is 13.0 Å². The molecule has 1 aromatic rings. The second-order valence-corrected chi connectivity index (χ2v) is 8.71. The summed E-state index contributed by atoms with van der Waals surface area (Å²) in [6.07, 6.45) is 0. The van der Waals surface area contributed by atoms with E-state index >= 15 is 0 Å². The highest BCUT2D eigenvalue weighted by Gasteiger charge is 2.49. The molecule has 0 amide bonds. The molecule has 3 rings (SSSR count). The number of hydrogen-bond acceptors (Lipinski definition) is 4. The van der Waals surface area contributed by atoms with E-state index in [0.717, 1.165) is 16.4 Å². The Morgan fingerprint density at radius 1 is 1.32 bits per heavy atom. The SMILES string of the molecule is Cc1ccc([N+]2=C(N)SC3CS(=O)(=O)CC32)c(C)c1. The molecule has 0 radical (unpaired) electrons. The third-order valence-corrected chi connectivity index (χ3v) is 6.87. The summed E-state index contributed by atoms with van der Waals surface area (Å²) in [6, 6.07) is 6.16. The average molecular weight is 297 g/mol. The molecular formula is C13H17N2O2S2+. The summed E-state index contributed by atoms with van der Waals surface area (Å²) < 4.78 is 25.6. The largest absolute Gasteiger partial charge is 0.310 e. The Bertz CT molecular complexity index is 680. The van der Waals surface area contributed by atoms with E-state index in [-0.39, 0.29) is 22.8 Å². The molecule has 2 aliphatic heterocycles. The van der Waals surface area contributed by atoms with Crippen molar-refractivity contribution in [2.45, 2.75) is 25.1 Å². The fourth-order valence-electron chi connectivity index (χ4n) is 2.90. The first kappa shape index (κ1) is 13.0. The molecule has 2 unspecified atom stereocenters. The van der Waals surface area contributed by atoms with Crippen molar-refractivity contribution in [3.05, 3.63) is 29.3 Å². The van der Waals surface area contributed by atoms with Crippen molar-refractivity contribution in [1.29, 1.82) is 0 Å². The van der Waals surface area contributed by atoms with Gasteiger partial charge in [0.25, 0.3) is 0 Å². The van der Waals surface area contributed by atoms with E-state index in [1.54, 1.807) is 0 Å². The monoisotopic (exact) mass is 297 g/mol. The molecule has 19 heavy (non-hydrogen) atoms. The molecule has 1 fully saturated rings. The van der Waals surface area contributed by atoms with Gasteiger partial charge in [0.05, 0.1) is 16.8 Å². The zero-order chi connectivity index (χ0) is 13.8. The second-order valence-electron chi connectivity index (χ2n) is 5.30. The van der Waals surface area contributed by atoms with Crippen molar-refractivity contribution >= 4 is 32.5 Å². The zero-order valence-corrected chi connectivity index (χ0v) is 12.6. The molecule has 0 spiro atoms. The summed E-state index contributed by atoms with van der Waals surface area (Å²) in [6.45, 7) is 4.09. The highest BCUT2D eigenvalue weighted by atomic mass is 32.2. The smallest absolute Gasteiger partial charge is 0.281 e. The highest BCUT2D eigenvalue weighted by molar-refractivity contribution is 8.15. The first-order valence-electron chi connectivity index (χ1n) is 6.23. The number of hydrogen-bond donors (Lipinski definition) is 1. The van der Waals surface area contributed by atoms with Gasteiger partial charge in [-0.15, -0.1) is 0 Å². The molecule has 6 heteroatoms. The standard InChI is InChI=1S/C13H16N2O2S2/c1-8-3-4-10(9(2)5-8)15-11-6-19(16,17)7-12(11)18-13(15)14/h3-5,11-12,14H,6-7H2,1-2H3/p+1. The lowest BCUT2D eigenvalue weighted by molar-refractivity contribution is -0.471. The first-order chi connectivity index (χ1) is 8.87. The molecule has 102 valence electrons. The predicted molar refractivity (Wildman–Crippen MR) is 78.9 cm³/mol. The quantitative estimate of drug-likeness (QED) is 0.791. The molecular weight excluding hydrogens is 280 g/mol. The summed E-state index contributed by atoms with van der Waals surface area (Å²) in [5.74, 6) is 0.448. The molecule has 4 nitrogen and oxygen atoms in total. The number of nitrogens with two attached hydrogens (primary N) is 1. The third-order valence-electron chi connectivity index (χ3n) is 3.73. The molecule has 2 atom stereocenters. The number of nitrogens with zero attached hydrogens (tertiary/aromatic N) is 1. The highest BCUT2D eigenvalue weighted by Crippen LogP contribution is 2.37. The summed E-state index contributed by atoms with van der Waals surface area (Å²) in [5, 5.41) is 0.794. The Balaban J connectivity index is 2.07. The van der Waals surface area contributed by atoms with Gasteiger partial charge in [0, 0.05) is 0 Å². The minimum atomic E-state index is -2.92. The van der Waals surface area contributed by atoms with Gasteiger partial charge in [-0.1, -0.05) is 17.7 Å². The van der Waals surface area contributed by atoms with Gasteiger partial charge in [-0.3, -0.25) is 5.73 Å². The fraction of sp³-hybridized carbons (Fsp3) is 0.462. The molecule has 0 aromatic heterocycles. The number of fused-ring (bicyclic) bond motifs is 1. The van der Waals surface area contributed by atoms with Crippen LogP contribution in [0.1, 0.15) is 11.1 Å². The van der Waals surface area contributed by atoms with Gasteiger partial charge >= 0.3 is 5.17 Å². The summed E-state index contributed by atoms with van der Waals surface area (Å²) in [5.41, 5.74) is 9.46. The molecule has 2 N–H and O–H groups in total. The maximum atomic E-state index is 11.8. The van der Waals surface area contributed by atoms with Crippen LogP contribution < -0.4 is 5.73 Å². The molecule has 2 heterocycles. The number of benzene rings is 1. The van der Waals surface area contributed by atoms with Crippen molar-refractivity contribution in [2.75, 3.05) is 11.5 Å². The van der Waals surface area contributed by atoms with Gasteiger partial charge in [0.1, 0.15) is 11.7 Å². The van der Waals surface area contributed by atoms with E-state index in [2.05, 4.69) is 6.07 Å². The Morgan fingerprint density at radius 2 is 2.05 bits per heavy atom. The number of rotatable bonds is 1. The van der Waals surface area contributed by atoms with E-state index in [1.807, 2.05) is 30.6 Å². The van der Waals surface area contributed by atoms with Crippen molar-refractivity contribution in [3.63, 3.8) is 0 Å². The van der Waals surface area contributed by atoms with Crippen molar-refractivity contribution in [2.24, 2.45) is 5.73 Å². The van der Waals surface area contributed by atoms with Crippen LogP contribution in [-0.4, -0.2) is 41.0 Å². The molecule has 1 saturated heterocycles. The first-order valence-corrected chi connectivity index (χ1v) is 8.93. The van der Waals surface area contributed by atoms with Gasteiger partial charge in [0.2, 0.25) is 0 Å². The maximum Gasteiger partial charge on any atom is 0.310 e. The van der Waals surface area contributed by atoms with Crippen molar-refractivity contribution in [3.8, 4) is 0 Å². The topological polar surface area (TPSA) is 63.2 Å². The summed E-state index contributed by atoms with van der Waals surface area (Å²) in [4.78, 5) is 0. The fourth-order valence-corrected chi connectivity index (χ4v) is 6.71. The molecule has 1 aromatic carbocycles. The van der Waals surface area contributed by atoms with Gasteiger partial charge in [-0.2, -0.15) is 0 Å². The van der Waals surface area contributed by atoms with Gasteiger partial charge < -0.3 is 0 Å². The number of amidine groups is 1. The Labute approximate surface area is 117 Å². The van der Waals surface area contributed by atoms with Crippen LogP contribution in [0.5, 0.6) is 0 Å². The van der Waals surface area contributed by atoms with Crippen LogP contribution in [0.4, 0.5) is 5.69 Å². The van der Waals surface area contributed by atoms with E-state index in [4.69, 9.17) is 5.73 Å². The van der Waals surface area contributed by atoms with Crippen molar-refractivity contribution in [1.82, 2.24) is 0 Å². The van der Waals surface area contributed by atoms with Crippen LogP contribution in [0.15, 0.2) is 18.2 Å². The third kappa shape index (κ3) is 2.17. The second kappa shape index (κ2) is 4.24. The minimum Gasteiger partial charge on any atom is -0.281 e. The van der Waals surface area contributed by atoms with Crippen LogP contribution >= 0.6 is 11.8 Å². The minimum absolute atomic E-state index is 0.0172. The van der Waals surface area contributed by atoms with Crippen LogP contribution in [0.25, 0.3) is 0 Å². The van der Waals surface area contributed by atoms with Crippen LogP contribution in [0.2, 0.25) is 0 Å². The van der Waals surface area contributed by atoms with E-state index < -0.39 is 9.84 Å². The summed E-state index contributed by atoms with van der Waals surface area (Å²) in [7, 11) is -2.92. The van der Waals surface area contributed by atoms with E-state index in [9.17, 15) is 8.42 Å². The normalized spacial score (nSPS) is 28.7. The van der Waals surface area contributed by atoms with Gasteiger partial charge in [0.15, 0.2) is 9.84 Å². The number of thioether (sulfide) groups is 1. The maximum absolute atomic E-state index is 11.8. The molecule has 0 saturated carbocycles. The van der Waals surface area contributed by atoms with Crippen LogP contribution in [0, 0.1) is 13.8 Å². The number of aryl methyl sites for hydroxylation is 2. The lowest BCUT2D eigenvalue weighted by atomic mass is 10.1. The van der Waals surface area contributed by atoms with E-state index in [0.29, 0.717) is 0 Å². The van der Waals surface area contributed by atoms with Crippen LogP contribution in [-0.2, 0) is 9.84 Å².